The number of aromatic hydroxyl groups is 2. The molecule has 0 spiro atoms. The van der Waals surface area contributed by atoms with E-state index >= 15 is 0 Å². The Balaban J connectivity index is 1.99. The van der Waals surface area contributed by atoms with Gasteiger partial charge in [-0.1, -0.05) is 12.1 Å². The van der Waals surface area contributed by atoms with Crippen molar-refractivity contribution in [1.29, 1.82) is 0 Å². The topological polar surface area (TPSA) is 66.8 Å². The highest BCUT2D eigenvalue weighted by Crippen LogP contribution is 2.34. The SMILES string of the molecule is O=C1/C(=C\c2cccc(O)c2)Oc2cc(O)ccc21. The fraction of sp³-hybridized carbons (Fsp3) is 0. The lowest BCUT2D eigenvalue weighted by atomic mass is 10.1. The van der Waals surface area contributed by atoms with Gasteiger partial charge in [-0.25, -0.2) is 0 Å². The molecule has 4 nitrogen and oxygen atoms in total. The number of allylic oxidation sites excluding steroid dienone is 1. The molecule has 2 aromatic rings. The van der Waals surface area contributed by atoms with Gasteiger partial charge in [0.2, 0.25) is 5.78 Å². The van der Waals surface area contributed by atoms with Gasteiger partial charge in [-0.2, -0.15) is 0 Å². The molecule has 2 N–H and O–H groups in total. The molecular formula is C15H10O4. The van der Waals surface area contributed by atoms with Crippen LogP contribution in [0.25, 0.3) is 6.08 Å². The second-order valence-electron chi connectivity index (χ2n) is 4.22. The van der Waals surface area contributed by atoms with Gasteiger partial charge >= 0.3 is 0 Å². The normalized spacial score (nSPS) is 15.4. The van der Waals surface area contributed by atoms with E-state index in [0.29, 0.717) is 16.9 Å². The third-order valence-corrected chi connectivity index (χ3v) is 2.82. The molecule has 4 heteroatoms. The van der Waals surface area contributed by atoms with Gasteiger partial charge in [-0.15, -0.1) is 0 Å². The number of ether oxygens (including phenoxy) is 1. The van der Waals surface area contributed by atoms with Crippen LogP contribution >= 0.6 is 0 Å². The van der Waals surface area contributed by atoms with Gasteiger partial charge in [0.1, 0.15) is 17.2 Å². The molecule has 0 saturated carbocycles. The summed E-state index contributed by atoms with van der Waals surface area (Å²) in [5, 5.41) is 18.7. The first-order valence-electron chi connectivity index (χ1n) is 5.70. The van der Waals surface area contributed by atoms with E-state index < -0.39 is 0 Å². The zero-order chi connectivity index (χ0) is 13.4. The highest BCUT2D eigenvalue weighted by Gasteiger charge is 2.27. The van der Waals surface area contributed by atoms with Gasteiger partial charge in [0.25, 0.3) is 0 Å². The van der Waals surface area contributed by atoms with Gasteiger partial charge < -0.3 is 14.9 Å². The second-order valence-corrected chi connectivity index (χ2v) is 4.22. The first-order chi connectivity index (χ1) is 9.13. The zero-order valence-electron chi connectivity index (χ0n) is 9.83. The summed E-state index contributed by atoms with van der Waals surface area (Å²) in [6.45, 7) is 0. The van der Waals surface area contributed by atoms with Crippen molar-refractivity contribution >= 4 is 11.9 Å². The number of phenols is 2. The average Bonchev–Trinajstić information content (AvgIpc) is 2.66. The largest absolute Gasteiger partial charge is 0.508 e. The number of carbonyl (C=O) groups excluding carboxylic acids is 1. The lowest BCUT2D eigenvalue weighted by Gasteiger charge is -1.99. The maximum Gasteiger partial charge on any atom is 0.231 e. The van der Waals surface area contributed by atoms with Crippen molar-refractivity contribution in [2.45, 2.75) is 0 Å². The minimum absolute atomic E-state index is 0.0464. The third-order valence-electron chi connectivity index (χ3n) is 2.82. The molecule has 3 rings (SSSR count). The fourth-order valence-electron chi connectivity index (χ4n) is 1.94. The van der Waals surface area contributed by atoms with Crippen molar-refractivity contribution in [3.05, 3.63) is 59.4 Å². The van der Waals surface area contributed by atoms with Crippen LogP contribution in [0.2, 0.25) is 0 Å². The van der Waals surface area contributed by atoms with Gasteiger partial charge in [0.05, 0.1) is 5.56 Å². The number of Topliss-reactive ketones (excluding diaryl/α,β-unsaturated/α-hetero) is 1. The van der Waals surface area contributed by atoms with Gasteiger partial charge in [0.15, 0.2) is 5.76 Å². The summed E-state index contributed by atoms with van der Waals surface area (Å²) in [7, 11) is 0. The lowest BCUT2D eigenvalue weighted by Crippen LogP contribution is -1.97. The monoisotopic (exact) mass is 254 g/mol. The quantitative estimate of drug-likeness (QED) is 0.768. The smallest absolute Gasteiger partial charge is 0.231 e. The molecule has 1 heterocycles. The Bertz CT molecular complexity index is 701. The number of carbonyl (C=O) groups is 1. The summed E-state index contributed by atoms with van der Waals surface area (Å²) >= 11 is 0. The number of rotatable bonds is 1. The second kappa shape index (κ2) is 4.17. The van der Waals surface area contributed by atoms with Gasteiger partial charge in [-0.3, -0.25) is 4.79 Å². The number of fused-ring (bicyclic) bond motifs is 1. The molecule has 0 radical (unpaired) electrons. The van der Waals surface area contributed by atoms with Crippen LogP contribution in [0.5, 0.6) is 17.2 Å². The molecule has 1 aliphatic heterocycles. The molecule has 0 saturated heterocycles. The van der Waals surface area contributed by atoms with Gasteiger partial charge in [-0.05, 0) is 35.9 Å². The summed E-state index contributed by atoms with van der Waals surface area (Å²) in [4.78, 5) is 12.1. The van der Waals surface area contributed by atoms with E-state index in [4.69, 9.17) is 4.74 Å². The standard InChI is InChI=1S/C15H10O4/c16-10-3-1-2-9(6-10)7-14-15(18)12-5-4-11(17)8-13(12)19-14/h1-8,16-17H/b14-7+. The molecule has 0 aliphatic carbocycles. The minimum Gasteiger partial charge on any atom is -0.508 e. The molecule has 2 aromatic carbocycles. The van der Waals surface area contributed by atoms with Crippen LogP contribution in [-0.2, 0) is 0 Å². The van der Waals surface area contributed by atoms with E-state index in [1.54, 1.807) is 24.3 Å². The van der Waals surface area contributed by atoms with E-state index in [2.05, 4.69) is 0 Å². The molecule has 0 atom stereocenters. The van der Waals surface area contributed by atoms with Crippen LogP contribution in [0.4, 0.5) is 0 Å². The molecule has 0 unspecified atom stereocenters. The third kappa shape index (κ3) is 2.04. The number of hydrogen-bond acceptors (Lipinski definition) is 4. The lowest BCUT2D eigenvalue weighted by molar-refractivity contribution is 0.101. The van der Waals surface area contributed by atoms with Crippen molar-refractivity contribution in [3.8, 4) is 17.2 Å². The summed E-state index contributed by atoms with van der Waals surface area (Å²) < 4.78 is 5.41. The summed E-state index contributed by atoms with van der Waals surface area (Å²) in [5.74, 6) is 0.445. The van der Waals surface area contributed by atoms with Crippen molar-refractivity contribution in [3.63, 3.8) is 0 Å². The Kier molecular flexibility index (Phi) is 2.49. The van der Waals surface area contributed by atoms with E-state index in [-0.39, 0.29) is 23.0 Å². The Hall–Kier alpha value is -2.75. The van der Waals surface area contributed by atoms with Crippen LogP contribution in [0.15, 0.2) is 48.2 Å². The first kappa shape index (κ1) is 11.3. The van der Waals surface area contributed by atoms with Crippen LogP contribution in [-0.4, -0.2) is 16.0 Å². The predicted molar refractivity (Wildman–Crippen MR) is 69.1 cm³/mol. The number of hydrogen-bond donors (Lipinski definition) is 2. The van der Waals surface area contributed by atoms with Crippen molar-refractivity contribution in [2.75, 3.05) is 0 Å². The Morgan fingerprint density at radius 1 is 1.00 bits per heavy atom. The van der Waals surface area contributed by atoms with Crippen molar-refractivity contribution < 1.29 is 19.7 Å². The molecule has 0 aromatic heterocycles. The van der Waals surface area contributed by atoms with Crippen molar-refractivity contribution in [1.82, 2.24) is 0 Å². The molecular weight excluding hydrogens is 244 g/mol. The van der Waals surface area contributed by atoms with E-state index in [1.165, 1.54) is 24.3 Å². The highest BCUT2D eigenvalue weighted by molar-refractivity contribution is 6.14. The maximum atomic E-state index is 12.1. The van der Waals surface area contributed by atoms with E-state index in [9.17, 15) is 15.0 Å². The molecule has 0 fully saturated rings. The Labute approximate surface area is 109 Å². The van der Waals surface area contributed by atoms with Crippen LogP contribution < -0.4 is 4.74 Å². The van der Waals surface area contributed by atoms with Crippen LogP contribution in [0, 0.1) is 0 Å². The van der Waals surface area contributed by atoms with E-state index in [0.717, 1.165) is 0 Å². The fourth-order valence-corrected chi connectivity index (χ4v) is 1.94. The van der Waals surface area contributed by atoms with E-state index in [1.807, 2.05) is 0 Å². The summed E-state index contributed by atoms with van der Waals surface area (Å²) in [6.07, 6.45) is 1.55. The zero-order valence-corrected chi connectivity index (χ0v) is 9.83. The van der Waals surface area contributed by atoms with Crippen molar-refractivity contribution in [2.24, 2.45) is 0 Å². The van der Waals surface area contributed by atoms with Crippen LogP contribution in [0.3, 0.4) is 0 Å². The highest BCUT2D eigenvalue weighted by atomic mass is 16.5. The van der Waals surface area contributed by atoms with Crippen LogP contribution in [0.1, 0.15) is 15.9 Å². The first-order valence-corrected chi connectivity index (χ1v) is 5.70. The van der Waals surface area contributed by atoms with Gasteiger partial charge in [0, 0.05) is 6.07 Å². The molecule has 0 bridgehead atoms. The predicted octanol–water partition coefficient (Wildman–Crippen LogP) is 2.71. The average molecular weight is 254 g/mol. The Morgan fingerprint density at radius 2 is 1.79 bits per heavy atom. The molecule has 0 amide bonds. The number of ketones is 1. The minimum atomic E-state index is -0.238. The number of benzene rings is 2. The number of phenolic OH excluding ortho intramolecular Hbond substituents is 2. The maximum absolute atomic E-state index is 12.1. The Morgan fingerprint density at radius 3 is 2.58 bits per heavy atom. The molecule has 1 aliphatic rings. The summed E-state index contributed by atoms with van der Waals surface area (Å²) in [6, 6.07) is 10.9. The molecule has 19 heavy (non-hydrogen) atoms. The summed E-state index contributed by atoms with van der Waals surface area (Å²) in [5.41, 5.74) is 1.09. The molecule has 94 valence electrons.